The fourth-order valence-corrected chi connectivity index (χ4v) is 2.94. The van der Waals surface area contributed by atoms with Crippen molar-refractivity contribution in [1.29, 1.82) is 0 Å². The molecule has 130 valence electrons. The fourth-order valence-electron chi connectivity index (χ4n) is 2.94. The third-order valence-corrected chi connectivity index (χ3v) is 4.31. The zero-order chi connectivity index (χ0) is 17.7. The van der Waals surface area contributed by atoms with Gasteiger partial charge >= 0.3 is 0 Å². The maximum Gasteiger partial charge on any atom is 0.273 e. The van der Waals surface area contributed by atoms with E-state index in [1.807, 2.05) is 19.1 Å². The summed E-state index contributed by atoms with van der Waals surface area (Å²) in [5.41, 5.74) is 3.00. The Labute approximate surface area is 147 Å². The number of aromatic nitrogens is 4. The van der Waals surface area contributed by atoms with E-state index in [0.717, 1.165) is 17.7 Å². The first-order chi connectivity index (χ1) is 12.7. The number of benzene rings is 1. The van der Waals surface area contributed by atoms with Gasteiger partial charge in [-0.3, -0.25) is 9.89 Å². The van der Waals surface area contributed by atoms with Crippen molar-refractivity contribution < 1.29 is 13.9 Å². The van der Waals surface area contributed by atoms with Gasteiger partial charge in [-0.25, -0.2) is 14.5 Å². The summed E-state index contributed by atoms with van der Waals surface area (Å²) >= 11 is 0. The minimum atomic E-state index is -0.226. The Bertz CT molecular complexity index is 1190. The highest BCUT2D eigenvalue weighted by atomic mass is 16.7. The molecule has 4 heterocycles. The van der Waals surface area contributed by atoms with Crippen LogP contribution in [0.2, 0.25) is 0 Å². The van der Waals surface area contributed by atoms with Crippen LogP contribution in [0.3, 0.4) is 0 Å². The van der Waals surface area contributed by atoms with E-state index in [0.29, 0.717) is 34.3 Å². The normalized spacial score (nSPS) is 12.8. The zero-order valence-corrected chi connectivity index (χ0v) is 13.9. The van der Waals surface area contributed by atoms with Crippen molar-refractivity contribution in [2.75, 3.05) is 6.79 Å². The molecular weight excluding hydrogens is 336 g/mol. The number of aromatic amines is 1. The predicted octanol–water partition coefficient (Wildman–Crippen LogP) is 2.64. The summed E-state index contributed by atoms with van der Waals surface area (Å²) in [6.07, 6.45) is 4.04. The summed E-state index contributed by atoms with van der Waals surface area (Å²) in [4.78, 5) is 21.6. The molecule has 0 saturated heterocycles. The quantitative estimate of drug-likeness (QED) is 0.610. The molecule has 0 saturated carbocycles. The van der Waals surface area contributed by atoms with Crippen LogP contribution in [0.4, 0.5) is 0 Å². The van der Waals surface area contributed by atoms with E-state index < -0.39 is 0 Å². The number of nitrogens with one attached hydrogen (secondary N) is 1. The molecule has 1 aromatic carbocycles. The van der Waals surface area contributed by atoms with E-state index in [1.54, 1.807) is 18.5 Å². The lowest BCUT2D eigenvalue weighted by Crippen LogP contribution is -2.14. The van der Waals surface area contributed by atoms with Crippen molar-refractivity contribution in [2.24, 2.45) is 0 Å². The van der Waals surface area contributed by atoms with Gasteiger partial charge in [0.15, 0.2) is 17.1 Å². The maximum atomic E-state index is 12.5. The summed E-state index contributed by atoms with van der Waals surface area (Å²) in [5, 5.41) is 2.90. The second kappa shape index (κ2) is 5.48. The van der Waals surface area contributed by atoms with Gasteiger partial charge in [0.2, 0.25) is 12.7 Å². The molecule has 0 radical (unpaired) electrons. The highest BCUT2D eigenvalue weighted by Crippen LogP contribution is 2.35. The molecule has 5 rings (SSSR count). The van der Waals surface area contributed by atoms with Crippen molar-refractivity contribution in [3.05, 3.63) is 52.8 Å². The van der Waals surface area contributed by atoms with Crippen LogP contribution in [-0.2, 0) is 6.42 Å². The summed E-state index contributed by atoms with van der Waals surface area (Å²) in [7, 11) is 0. The molecule has 0 aliphatic carbocycles. The lowest BCUT2D eigenvalue weighted by atomic mass is 10.1. The van der Waals surface area contributed by atoms with Crippen LogP contribution < -0.4 is 15.0 Å². The number of aryl methyl sites for hydroxylation is 1. The van der Waals surface area contributed by atoms with Gasteiger partial charge in [0.1, 0.15) is 6.26 Å². The van der Waals surface area contributed by atoms with E-state index in [2.05, 4.69) is 15.1 Å². The highest BCUT2D eigenvalue weighted by molar-refractivity contribution is 5.74. The molecule has 1 aliphatic heterocycles. The van der Waals surface area contributed by atoms with Gasteiger partial charge < -0.3 is 13.9 Å². The predicted molar refractivity (Wildman–Crippen MR) is 92.2 cm³/mol. The lowest BCUT2D eigenvalue weighted by molar-refractivity contribution is 0.174. The van der Waals surface area contributed by atoms with Crippen molar-refractivity contribution in [1.82, 2.24) is 19.6 Å². The fraction of sp³-hybridized carbons (Fsp3) is 0.167. The molecule has 0 amide bonds. The summed E-state index contributed by atoms with van der Waals surface area (Å²) < 4.78 is 17.6. The first-order valence-electron chi connectivity index (χ1n) is 8.19. The van der Waals surface area contributed by atoms with Gasteiger partial charge in [0.05, 0.1) is 17.0 Å². The molecule has 0 unspecified atom stereocenters. The average molecular weight is 350 g/mol. The molecule has 0 atom stereocenters. The van der Waals surface area contributed by atoms with E-state index >= 15 is 0 Å². The Morgan fingerprint density at radius 3 is 2.92 bits per heavy atom. The molecule has 26 heavy (non-hydrogen) atoms. The Morgan fingerprint density at radius 2 is 2.08 bits per heavy atom. The van der Waals surface area contributed by atoms with Gasteiger partial charge in [-0.2, -0.15) is 0 Å². The number of fused-ring (bicyclic) bond motifs is 2. The number of hydrogen-bond acceptors (Lipinski definition) is 6. The summed E-state index contributed by atoms with van der Waals surface area (Å²) in [5.74, 6) is 1.75. The molecular formula is C18H14N4O4. The Balaban J connectivity index is 1.68. The van der Waals surface area contributed by atoms with E-state index in [1.165, 1.54) is 10.6 Å². The van der Waals surface area contributed by atoms with Crippen molar-refractivity contribution in [3.63, 3.8) is 0 Å². The number of ether oxygens (including phenoxy) is 2. The van der Waals surface area contributed by atoms with Crippen LogP contribution >= 0.6 is 0 Å². The second-order valence-electron chi connectivity index (χ2n) is 5.89. The van der Waals surface area contributed by atoms with Crippen LogP contribution in [-0.4, -0.2) is 26.4 Å². The molecule has 8 heteroatoms. The van der Waals surface area contributed by atoms with E-state index in [-0.39, 0.29) is 12.4 Å². The average Bonchev–Trinajstić information content (AvgIpc) is 3.39. The smallest absolute Gasteiger partial charge is 0.273 e. The van der Waals surface area contributed by atoms with Crippen LogP contribution in [0.5, 0.6) is 11.5 Å². The van der Waals surface area contributed by atoms with E-state index in [4.69, 9.17) is 13.9 Å². The first-order valence-corrected chi connectivity index (χ1v) is 8.19. The van der Waals surface area contributed by atoms with Crippen molar-refractivity contribution >= 4 is 5.65 Å². The number of H-pyrrole nitrogens is 1. The second-order valence-corrected chi connectivity index (χ2v) is 5.89. The van der Waals surface area contributed by atoms with Gasteiger partial charge in [-0.1, -0.05) is 6.92 Å². The van der Waals surface area contributed by atoms with Crippen LogP contribution in [0, 0.1) is 0 Å². The number of hydrogen-bond donors (Lipinski definition) is 1. The number of rotatable bonds is 3. The molecule has 0 fully saturated rings. The molecule has 0 spiro atoms. The largest absolute Gasteiger partial charge is 0.454 e. The third-order valence-electron chi connectivity index (χ3n) is 4.31. The van der Waals surface area contributed by atoms with E-state index in [9.17, 15) is 4.79 Å². The van der Waals surface area contributed by atoms with Crippen LogP contribution in [0.1, 0.15) is 12.6 Å². The molecule has 4 aromatic rings. The van der Waals surface area contributed by atoms with Crippen LogP contribution in [0.15, 0.2) is 45.9 Å². The standard InChI is InChI=1S/C18H14N4O4/c1-2-11-8-24-18(20-11)12-7-19-22-16(23)6-13(21-17(12)22)10-3-4-14-15(5-10)26-9-25-14/h3-8,19H,2,9H2,1H3. The third kappa shape index (κ3) is 2.19. The zero-order valence-electron chi connectivity index (χ0n) is 13.9. The summed E-state index contributed by atoms with van der Waals surface area (Å²) in [6, 6.07) is 6.93. The number of nitrogens with zero attached hydrogens (tertiary/aromatic N) is 3. The molecule has 3 aromatic heterocycles. The van der Waals surface area contributed by atoms with Gasteiger partial charge in [-0.15, -0.1) is 0 Å². The van der Waals surface area contributed by atoms with Gasteiger partial charge in [-0.05, 0) is 24.6 Å². The summed E-state index contributed by atoms with van der Waals surface area (Å²) in [6.45, 7) is 2.19. The minimum absolute atomic E-state index is 0.194. The SMILES string of the molecule is CCc1coc(-c2c[nH]n3c(=O)cc(-c4ccc5c(c4)OCO5)nc23)n1. The Hall–Kier alpha value is -3.55. The minimum Gasteiger partial charge on any atom is -0.454 e. The topological polar surface area (TPSA) is 94.7 Å². The number of oxazole rings is 1. The van der Waals surface area contributed by atoms with Crippen LogP contribution in [0.25, 0.3) is 28.4 Å². The molecule has 1 aliphatic rings. The van der Waals surface area contributed by atoms with Crippen molar-refractivity contribution in [3.8, 4) is 34.2 Å². The van der Waals surface area contributed by atoms with Gasteiger partial charge in [0.25, 0.3) is 5.56 Å². The molecule has 8 nitrogen and oxygen atoms in total. The van der Waals surface area contributed by atoms with Crippen molar-refractivity contribution in [2.45, 2.75) is 13.3 Å². The Kier molecular flexibility index (Phi) is 3.11. The first kappa shape index (κ1) is 14.8. The maximum absolute atomic E-state index is 12.5. The van der Waals surface area contributed by atoms with Gasteiger partial charge in [0, 0.05) is 17.8 Å². The molecule has 0 bridgehead atoms. The lowest BCUT2D eigenvalue weighted by Gasteiger charge is -2.03. The molecule has 1 N–H and O–H groups in total. The monoisotopic (exact) mass is 350 g/mol. The highest BCUT2D eigenvalue weighted by Gasteiger charge is 2.18. The Morgan fingerprint density at radius 1 is 1.19 bits per heavy atom.